The van der Waals surface area contributed by atoms with Crippen LogP contribution in [0.3, 0.4) is 0 Å². The minimum atomic E-state index is 0.672. The molecule has 1 heterocycles. The number of hydrogen-bond acceptors (Lipinski definition) is 4. The Hall–Kier alpha value is -1.97. The van der Waals surface area contributed by atoms with E-state index in [1.807, 2.05) is 45.2 Å². The van der Waals surface area contributed by atoms with Crippen molar-refractivity contribution in [2.75, 3.05) is 12.4 Å². The number of nitrogens with one attached hydrogen (secondary N) is 1. The Morgan fingerprint density at radius 3 is 2.19 bits per heavy atom. The van der Waals surface area contributed by atoms with E-state index >= 15 is 0 Å². The second-order valence-electron chi connectivity index (χ2n) is 3.63. The highest BCUT2D eigenvalue weighted by Crippen LogP contribution is 2.17. The van der Waals surface area contributed by atoms with Gasteiger partial charge in [-0.25, -0.2) is 4.98 Å². The summed E-state index contributed by atoms with van der Waals surface area (Å²) in [5, 5.41) is 11.2. The van der Waals surface area contributed by atoms with Gasteiger partial charge in [0, 0.05) is 18.3 Å². The maximum atomic E-state index is 4.40. The van der Waals surface area contributed by atoms with E-state index in [1.165, 1.54) is 0 Å². The van der Waals surface area contributed by atoms with Crippen molar-refractivity contribution in [2.24, 2.45) is 0 Å². The Morgan fingerprint density at radius 1 is 0.938 bits per heavy atom. The number of hydrogen-bond donors (Lipinski definition) is 1. The van der Waals surface area contributed by atoms with Crippen molar-refractivity contribution in [2.45, 2.75) is 13.8 Å². The monoisotopic (exact) mass is 214 g/mol. The summed E-state index contributed by atoms with van der Waals surface area (Å²) >= 11 is 0. The molecule has 0 radical (unpaired) electrons. The normalized spacial score (nSPS) is 10.2. The first-order valence-corrected chi connectivity index (χ1v) is 5.17. The average molecular weight is 214 g/mol. The highest BCUT2D eigenvalue weighted by atomic mass is 15.2. The van der Waals surface area contributed by atoms with Gasteiger partial charge in [0.05, 0.1) is 11.4 Å². The second kappa shape index (κ2) is 4.26. The van der Waals surface area contributed by atoms with E-state index in [2.05, 4.69) is 20.5 Å². The molecule has 82 valence electrons. The molecule has 0 bridgehead atoms. The summed E-state index contributed by atoms with van der Waals surface area (Å²) in [4.78, 5) is 4.40. The summed E-state index contributed by atoms with van der Waals surface area (Å²) in [6, 6.07) is 7.96. The largest absolute Gasteiger partial charge is 0.388 e. The standard InChI is InChI=1S/C12H14N4/c1-8-9(2)15-16-12(14-8)10-4-6-11(13-3)7-5-10/h4-7,13H,1-3H3. The molecule has 2 rings (SSSR count). The molecular formula is C12H14N4. The van der Waals surface area contributed by atoms with Crippen LogP contribution in [-0.4, -0.2) is 22.2 Å². The van der Waals surface area contributed by atoms with E-state index < -0.39 is 0 Å². The molecule has 0 fully saturated rings. The number of anilines is 1. The van der Waals surface area contributed by atoms with Gasteiger partial charge in [0.2, 0.25) is 0 Å². The van der Waals surface area contributed by atoms with Gasteiger partial charge in [-0.3, -0.25) is 0 Å². The van der Waals surface area contributed by atoms with Gasteiger partial charge in [-0.05, 0) is 38.1 Å². The summed E-state index contributed by atoms with van der Waals surface area (Å²) in [6.45, 7) is 3.85. The fraction of sp³-hybridized carbons (Fsp3) is 0.250. The number of nitrogens with zero attached hydrogens (tertiary/aromatic N) is 3. The first-order valence-electron chi connectivity index (χ1n) is 5.17. The van der Waals surface area contributed by atoms with Crippen LogP contribution in [0.1, 0.15) is 11.4 Å². The van der Waals surface area contributed by atoms with Crippen LogP contribution in [0.4, 0.5) is 5.69 Å². The van der Waals surface area contributed by atoms with E-state index in [1.54, 1.807) is 0 Å². The Kier molecular flexibility index (Phi) is 2.81. The number of benzene rings is 1. The summed E-state index contributed by atoms with van der Waals surface area (Å²) in [6.07, 6.45) is 0. The molecule has 2 aromatic rings. The number of aromatic nitrogens is 3. The zero-order valence-corrected chi connectivity index (χ0v) is 9.65. The molecule has 4 heteroatoms. The molecule has 0 aliphatic rings. The third kappa shape index (κ3) is 2.00. The van der Waals surface area contributed by atoms with Gasteiger partial charge in [0.25, 0.3) is 0 Å². The molecule has 0 spiro atoms. The lowest BCUT2D eigenvalue weighted by molar-refractivity contribution is 0.905. The van der Waals surface area contributed by atoms with Gasteiger partial charge in [0.1, 0.15) is 0 Å². The Morgan fingerprint density at radius 2 is 1.62 bits per heavy atom. The van der Waals surface area contributed by atoms with Crippen LogP contribution in [0.5, 0.6) is 0 Å². The first kappa shape index (κ1) is 10.5. The zero-order chi connectivity index (χ0) is 11.5. The van der Waals surface area contributed by atoms with Crippen molar-refractivity contribution in [1.29, 1.82) is 0 Å². The van der Waals surface area contributed by atoms with Crippen LogP contribution < -0.4 is 5.32 Å². The number of rotatable bonds is 2. The summed E-state index contributed by atoms with van der Waals surface area (Å²) < 4.78 is 0. The number of aryl methyl sites for hydroxylation is 2. The van der Waals surface area contributed by atoms with Crippen molar-refractivity contribution in [3.8, 4) is 11.4 Å². The lowest BCUT2D eigenvalue weighted by Crippen LogP contribution is -1.98. The van der Waals surface area contributed by atoms with E-state index in [4.69, 9.17) is 0 Å². The molecule has 0 saturated carbocycles. The quantitative estimate of drug-likeness (QED) is 0.832. The van der Waals surface area contributed by atoms with Crippen LogP contribution in [-0.2, 0) is 0 Å². The van der Waals surface area contributed by atoms with Gasteiger partial charge in [-0.2, -0.15) is 5.10 Å². The first-order chi connectivity index (χ1) is 7.70. The molecule has 0 atom stereocenters. The molecule has 16 heavy (non-hydrogen) atoms. The highest BCUT2D eigenvalue weighted by molar-refractivity contribution is 5.59. The molecule has 0 saturated heterocycles. The Bertz CT molecular complexity index is 491. The summed E-state index contributed by atoms with van der Waals surface area (Å²) in [7, 11) is 1.89. The van der Waals surface area contributed by atoms with Gasteiger partial charge in [0.15, 0.2) is 5.82 Å². The summed E-state index contributed by atoms with van der Waals surface area (Å²) in [5.41, 5.74) is 3.84. The second-order valence-corrected chi connectivity index (χ2v) is 3.63. The van der Waals surface area contributed by atoms with Gasteiger partial charge < -0.3 is 5.32 Å². The van der Waals surface area contributed by atoms with Crippen LogP contribution in [0, 0.1) is 13.8 Å². The van der Waals surface area contributed by atoms with Crippen molar-refractivity contribution < 1.29 is 0 Å². The van der Waals surface area contributed by atoms with Crippen LogP contribution in [0.15, 0.2) is 24.3 Å². The fourth-order valence-electron chi connectivity index (χ4n) is 1.37. The molecular weight excluding hydrogens is 200 g/mol. The zero-order valence-electron chi connectivity index (χ0n) is 9.65. The third-order valence-corrected chi connectivity index (χ3v) is 2.52. The van der Waals surface area contributed by atoms with E-state index in [0.29, 0.717) is 5.82 Å². The van der Waals surface area contributed by atoms with Gasteiger partial charge in [-0.1, -0.05) is 0 Å². The molecule has 0 amide bonds. The van der Waals surface area contributed by atoms with Crippen molar-refractivity contribution in [3.05, 3.63) is 35.7 Å². The van der Waals surface area contributed by atoms with Gasteiger partial charge in [-0.15, -0.1) is 5.10 Å². The average Bonchev–Trinajstić information content (AvgIpc) is 2.33. The lowest BCUT2D eigenvalue weighted by atomic mass is 10.2. The highest BCUT2D eigenvalue weighted by Gasteiger charge is 2.04. The van der Waals surface area contributed by atoms with Gasteiger partial charge >= 0.3 is 0 Å². The Labute approximate surface area is 94.8 Å². The van der Waals surface area contributed by atoms with Crippen LogP contribution in [0.25, 0.3) is 11.4 Å². The van der Waals surface area contributed by atoms with E-state index in [9.17, 15) is 0 Å². The molecule has 1 N–H and O–H groups in total. The molecule has 1 aromatic heterocycles. The van der Waals surface area contributed by atoms with Crippen molar-refractivity contribution >= 4 is 5.69 Å². The maximum absolute atomic E-state index is 4.40. The molecule has 0 aliphatic heterocycles. The minimum Gasteiger partial charge on any atom is -0.388 e. The van der Waals surface area contributed by atoms with Crippen molar-refractivity contribution in [1.82, 2.24) is 15.2 Å². The van der Waals surface area contributed by atoms with E-state index in [0.717, 1.165) is 22.6 Å². The lowest BCUT2D eigenvalue weighted by Gasteiger charge is -2.03. The SMILES string of the molecule is CNc1ccc(-c2nnc(C)c(C)n2)cc1. The molecule has 0 unspecified atom stereocenters. The predicted molar refractivity (Wildman–Crippen MR) is 64.3 cm³/mol. The smallest absolute Gasteiger partial charge is 0.181 e. The fourth-order valence-corrected chi connectivity index (χ4v) is 1.37. The third-order valence-electron chi connectivity index (χ3n) is 2.52. The summed E-state index contributed by atoms with van der Waals surface area (Å²) in [5.74, 6) is 0.672. The topological polar surface area (TPSA) is 50.7 Å². The van der Waals surface area contributed by atoms with Crippen LogP contribution in [0.2, 0.25) is 0 Å². The molecule has 1 aromatic carbocycles. The van der Waals surface area contributed by atoms with Crippen LogP contribution >= 0.6 is 0 Å². The minimum absolute atomic E-state index is 0.672. The molecule has 0 aliphatic carbocycles. The Balaban J connectivity index is 2.38. The predicted octanol–water partition coefficient (Wildman–Crippen LogP) is 2.20. The van der Waals surface area contributed by atoms with E-state index in [-0.39, 0.29) is 0 Å². The maximum Gasteiger partial charge on any atom is 0.181 e. The molecule has 4 nitrogen and oxygen atoms in total. The van der Waals surface area contributed by atoms with Crippen molar-refractivity contribution in [3.63, 3.8) is 0 Å².